The first-order chi connectivity index (χ1) is 8.30. The Hall–Kier alpha value is -1.22. The van der Waals surface area contributed by atoms with Gasteiger partial charge in [-0.15, -0.1) is 0 Å². The monoisotopic (exact) mass is 270 g/mol. The first kappa shape index (κ1) is 14.8. The number of carboxylic acid groups (broad SMARTS) is 1. The van der Waals surface area contributed by atoms with Crippen LogP contribution in [0.15, 0.2) is 18.2 Å². The topological polar surface area (TPSA) is 46.5 Å². The summed E-state index contributed by atoms with van der Waals surface area (Å²) >= 11 is 5.99. The second-order valence-electron chi connectivity index (χ2n) is 5.24. The number of aliphatic carboxylic acids is 1. The molecule has 100 valence electrons. The van der Waals surface area contributed by atoms with Crippen LogP contribution in [0.5, 0.6) is 5.75 Å². The van der Waals surface area contributed by atoms with Gasteiger partial charge in [-0.25, -0.2) is 0 Å². The zero-order chi connectivity index (χ0) is 13.8. The lowest BCUT2D eigenvalue weighted by molar-refractivity contribution is -0.137. The largest absolute Gasteiger partial charge is 0.493 e. The van der Waals surface area contributed by atoms with Gasteiger partial charge in [0.25, 0.3) is 0 Å². The van der Waals surface area contributed by atoms with Crippen molar-refractivity contribution < 1.29 is 14.6 Å². The van der Waals surface area contributed by atoms with Gasteiger partial charge in [0.05, 0.1) is 6.61 Å². The molecule has 0 spiro atoms. The van der Waals surface area contributed by atoms with Crippen molar-refractivity contribution in [3.05, 3.63) is 28.8 Å². The average Bonchev–Trinajstić information content (AvgIpc) is 2.24. The fourth-order valence-electron chi connectivity index (χ4n) is 1.62. The molecule has 0 saturated carbocycles. The number of benzene rings is 1. The molecule has 4 heteroatoms. The van der Waals surface area contributed by atoms with Gasteiger partial charge in [0.15, 0.2) is 0 Å². The quantitative estimate of drug-likeness (QED) is 0.826. The Labute approximate surface area is 113 Å². The molecule has 3 nitrogen and oxygen atoms in total. The van der Waals surface area contributed by atoms with E-state index in [1.165, 1.54) is 0 Å². The van der Waals surface area contributed by atoms with Crippen molar-refractivity contribution in [2.24, 2.45) is 0 Å². The molecule has 0 amide bonds. The summed E-state index contributed by atoms with van der Waals surface area (Å²) in [5.74, 6) is -0.0250. The molecular weight excluding hydrogens is 252 g/mol. The van der Waals surface area contributed by atoms with E-state index in [9.17, 15) is 4.79 Å². The van der Waals surface area contributed by atoms with E-state index < -0.39 is 5.97 Å². The molecule has 1 aromatic carbocycles. The van der Waals surface area contributed by atoms with Gasteiger partial charge in [0, 0.05) is 17.0 Å². The van der Waals surface area contributed by atoms with Crippen molar-refractivity contribution in [3.63, 3.8) is 0 Å². The van der Waals surface area contributed by atoms with Gasteiger partial charge >= 0.3 is 5.97 Å². The van der Waals surface area contributed by atoms with E-state index in [2.05, 4.69) is 20.8 Å². The van der Waals surface area contributed by atoms with Crippen LogP contribution in [0.3, 0.4) is 0 Å². The third kappa shape index (κ3) is 4.57. The predicted molar refractivity (Wildman–Crippen MR) is 72.5 cm³/mol. The molecule has 0 radical (unpaired) electrons. The second kappa shape index (κ2) is 6.10. The third-order valence-corrected chi connectivity index (χ3v) is 2.78. The molecule has 0 aliphatic heterocycles. The number of halogens is 1. The standard InChI is InChI=1S/C14H19ClO3/c1-14(2,3)11-9-10(15)6-7-12(11)18-8-4-5-13(16)17/h6-7,9H,4-5,8H2,1-3H3,(H,16,17). The Morgan fingerprint density at radius 2 is 2.06 bits per heavy atom. The minimum absolute atomic E-state index is 0.0625. The van der Waals surface area contributed by atoms with Crippen molar-refractivity contribution in [3.8, 4) is 5.75 Å². The van der Waals surface area contributed by atoms with E-state index in [0.29, 0.717) is 18.1 Å². The molecule has 0 aliphatic carbocycles. The molecule has 1 rings (SSSR count). The number of rotatable bonds is 5. The molecule has 1 aromatic rings. The van der Waals surface area contributed by atoms with Crippen LogP contribution in [0.2, 0.25) is 5.02 Å². The molecule has 18 heavy (non-hydrogen) atoms. The third-order valence-electron chi connectivity index (χ3n) is 2.54. The molecule has 0 fully saturated rings. The second-order valence-corrected chi connectivity index (χ2v) is 5.67. The van der Waals surface area contributed by atoms with Crippen LogP contribution in [0.4, 0.5) is 0 Å². The molecular formula is C14H19ClO3. The molecule has 1 N–H and O–H groups in total. The summed E-state index contributed by atoms with van der Waals surface area (Å²) in [4.78, 5) is 10.4. The number of carbonyl (C=O) groups is 1. The van der Waals surface area contributed by atoms with E-state index >= 15 is 0 Å². The van der Waals surface area contributed by atoms with Crippen LogP contribution in [0.1, 0.15) is 39.2 Å². The molecule has 0 aromatic heterocycles. The number of ether oxygens (including phenoxy) is 1. The maximum atomic E-state index is 10.4. The fourth-order valence-corrected chi connectivity index (χ4v) is 1.79. The van der Waals surface area contributed by atoms with Crippen LogP contribution >= 0.6 is 11.6 Å². The lowest BCUT2D eigenvalue weighted by Crippen LogP contribution is -2.14. The molecule has 0 aliphatic rings. The normalized spacial score (nSPS) is 11.3. The Morgan fingerprint density at radius 1 is 1.39 bits per heavy atom. The van der Waals surface area contributed by atoms with Gasteiger partial charge in [-0.2, -0.15) is 0 Å². The van der Waals surface area contributed by atoms with E-state index in [1.807, 2.05) is 12.1 Å². The first-order valence-electron chi connectivity index (χ1n) is 5.95. The summed E-state index contributed by atoms with van der Waals surface area (Å²) < 4.78 is 5.65. The zero-order valence-corrected chi connectivity index (χ0v) is 11.8. The van der Waals surface area contributed by atoms with Gasteiger partial charge in [0.2, 0.25) is 0 Å². The summed E-state index contributed by atoms with van der Waals surface area (Å²) in [5.41, 5.74) is 0.970. The molecule has 0 saturated heterocycles. The number of carboxylic acids is 1. The van der Waals surface area contributed by atoms with Crippen molar-refractivity contribution in [2.75, 3.05) is 6.61 Å². The Morgan fingerprint density at radius 3 is 2.61 bits per heavy atom. The smallest absolute Gasteiger partial charge is 0.303 e. The molecule has 0 atom stereocenters. The predicted octanol–water partition coefficient (Wildman–Crippen LogP) is 3.88. The highest BCUT2D eigenvalue weighted by Gasteiger charge is 2.19. The Bertz CT molecular complexity index is 422. The molecule has 0 heterocycles. The van der Waals surface area contributed by atoms with Crippen molar-refractivity contribution in [1.82, 2.24) is 0 Å². The van der Waals surface area contributed by atoms with Gasteiger partial charge in [-0.1, -0.05) is 32.4 Å². The van der Waals surface area contributed by atoms with E-state index in [1.54, 1.807) is 6.07 Å². The van der Waals surface area contributed by atoms with E-state index in [4.69, 9.17) is 21.4 Å². The van der Waals surface area contributed by atoms with Crippen molar-refractivity contribution in [2.45, 2.75) is 39.0 Å². The van der Waals surface area contributed by atoms with Crippen LogP contribution in [-0.2, 0) is 10.2 Å². The average molecular weight is 271 g/mol. The van der Waals surface area contributed by atoms with Crippen LogP contribution < -0.4 is 4.74 Å². The Balaban J connectivity index is 2.73. The highest BCUT2D eigenvalue weighted by molar-refractivity contribution is 6.30. The van der Waals surface area contributed by atoms with E-state index in [0.717, 1.165) is 11.3 Å². The summed E-state index contributed by atoms with van der Waals surface area (Å²) in [6, 6.07) is 5.51. The Kier molecular flexibility index (Phi) is 5.03. The van der Waals surface area contributed by atoms with Crippen molar-refractivity contribution >= 4 is 17.6 Å². The highest BCUT2D eigenvalue weighted by atomic mass is 35.5. The number of hydrogen-bond acceptors (Lipinski definition) is 2. The van der Waals surface area contributed by atoms with Gasteiger partial charge in [-0.05, 0) is 30.0 Å². The lowest BCUT2D eigenvalue weighted by Gasteiger charge is -2.23. The SMILES string of the molecule is CC(C)(C)c1cc(Cl)ccc1OCCCC(=O)O. The summed E-state index contributed by atoms with van der Waals surface area (Å²) in [5, 5.41) is 9.24. The van der Waals surface area contributed by atoms with Gasteiger partial charge in [-0.3, -0.25) is 4.79 Å². The maximum absolute atomic E-state index is 10.4. The maximum Gasteiger partial charge on any atom is 0.303 e. The van der Waals surface area contributed by atoms with Gasteiger partial charge < -0.3 is 9.84 Å². The highest BCUT2D eigenvalue weighted by Crippen LogP contribution is 2.33. The van der Waals surface area contributed by atoms with Crippen LogP contribution in [0.25, 0.3) is 0 Å². The van der Waals surface area contributed by atoms with Crippen LogP contribution in [0, 0.1) is 0 Å². The van der Waals surface area contributed by atoms with Crippen molar-refractivity contribution in [1.29, 1.82) is 0 Å². The summed E-state index contributed by atoms with van der Waals surface area (Å²) in [7, 11) is 0. The molecule has 0 bridgehead atoms. The minimum Gasteiger partial charge on any atom is -0.493 e. The fraction of sp³-hybridized carbons (Fsp3) is 0.500. The van der Waals surface area contributed by atoms with Gasteiger partial charge in [0.1, 0.15) is 5.75 Å². The minimum atomic E-state index is -0.800. The zero-order valence-electron chi connectivity index (χ0n) is 11.0. The first-order valence-corrected chi connectivity index (χ1v) is 6.33. The van der Waals surface area contributed by atoms with E-state index in [-0.39, 0.29) is 11.8 Å². The summed E-state index contributed by atoms with van der Waals surface area (Å²) in [6.07, 6.45) is 0.625. The van der Waals surface area contributed by atoms with Crippen LogP contribution in [-0.4, -0.2) is 17.7 Å². The lowest BCUT2D eigenvalue weighted by atomic mass is 9.86. The molecule has 0 unspecified atom stereocenters. The summed E-state index contributed by atoms with van der Waals surface area (Å²) in [6.45, 7) is 6.66. The number of hydrogen-bond donors (Lipinski definition) is 1.